The Kier molecular flexibility index (Phi) is 5.85. The Bertz CT molecular complexity index is 996. The molecule has 0 aromatic carbocycles. The third-order valence-corrected chi connectivity index (χ3v) is 7.12. The smallest absolute Gasteiger partial charge is 0.150 e. The molecule has 0 amide bonds. The maximum absolute atomic E-state index is 5.62. The van der Waals surface area contributed by atoms with Crippen molar-refractivity contribution < 1.29 is 4.74 Å². The first kappa shape index (κ1) is 20.1. The van der Waals surface area contributed by atoms with Crippen molar-refractivity contribution in [3.63, 3.8) is 0 Å². The summed E-state index contributed by atoms with van der Waals surface area (Å²) in [6, 6.07) is 3.08. The standard InChI is InChI=1S/C23H31N5OS/c1-26-15-19(14-25-26)22-16-28(30)23-21(22)12-18(13-24-23)17-4-6-20(7-5-17)27-8-2-10-29-11-3-9-27/h12-17,20,30H,2-11H2,1H3. The second-order valence-corrected chi connectivity index (χ2v) is 9.22. The van der Waals surface area contributed by atoms with Crippen molar-refractivity contribution in [2.45, 2.75) is 50.5 Å². The monoisotopic (exact) mass is 425 g/mol. The summed E-state index contributed by atoms with van der Waals surface area (Å²) in [4.78, 5) is 7.50. The van der Waals surface area contributed by atoms with E-state index in [9.17, 15) is 0 Å². The highest BCUT2D eigenvalue weighted by Gasteiger charge is 2.27. The summed E-state index contributed by atoms with van der Waals surface area (Å²) in [6.45, 7) is 4.21. The molecule has 1 aliphatic heterocycles. The van der Waals surface area contributed by atoms with E-state index in [1.54, 1.807) is 0 Å². The van der Waals surface area contributed by atoms with Gasteiger partial charge in [0.15, 0.2) is 0 Å². The molecule has 1 saturated carbocycles. The van der Waals surface area contributed by atoms with E-state index in [-0.39, 0.29) is 0 Å². The van der Waals surface area contributed by atoms with Crippen molar-refractivity contribution in [1.82, 2.24) is 23.6 Å². The quantitative estimate of drug-likeness (QED) is 0.637. The second kappa shape index (κ2) is 8.73. The summed E-state index contributed by atoms with van der Waals surface area (Å²) < 4.78 is 9.28. The fourth-order valence-electron chi connectivity index (χ4n) is 5.21. The van der Waals surface area contributed by atoms with Gasteiger partial charge in [-0.25, -0.2) is 4.98 Å². The highest BCUT2D eigenvalue weighted by molar-refractivity contribution is 7.78. The number of aryl methyl sites for hydroxylation is 1. The van der Waals surface area contributed by atoms with Gasteiger partial charge in [-0.15, -0.1) is 0 Å². The number of aromatic nitrogens is 4. The summed E-state index contributed by atoms with van der Waals surface area (Å²) >= 11 is 4.59. The van der Waals surface area contributed by atoms with E-state index in [4.69, 9.17) is 9.72 Å². The van der Waals surface area contributed by atoms with Crippen molar-refractivity contribution in [2.75, 3.05) is 26.3 Å². The van der Waals surface area contributed by atoms with Crippen LogP contribution in [-0.2, 0) is 11.8 Å². The maximum Gasteiger partial charge on any atom is 0.150 e. The average Bonchev–Trinajstić information content (AvgIpc) is 3.31. The van der Waals surface area contributed by atoms with Crippen LogP contribution in [0, 0.1) is 0 Å². The van der Waals surface area contributed by atoms with E-state index in [2.05, 4.69) is 41.3 Å². The molecule has 0 unspecified atom stereocenters. The molecular weight excluding hydrogens is 394 g/mol. The Morgan fingerprint density at radius 2 is 1.80 bits per heavy atom. The van der Waals surface area contributed by atoms with Gasteiger partial charge in [0.2, 0.25) is 0 Å². The molecule has 160 valence electrons. The van der Waals surface area contributed by atoms with Gasteiger partial charge in [-0.2, -0.15) is 5.10 Å². The minimum atomic E-state index is 0.598. The summed E-state index contributed by atoms with van der Waals surface area (Å²) in [5.74, 6) is 0.598. The van der Waals surface area contributed by atoms with Crippen molar-refractivity contribution in [1.29, 1.82) is 0 Å². The van der Waals surface area contributed by atoms with Crippen LogP contribution in [0.2, 0.25) is 0 Å². The molecule has 1 saturated heterocycles. The van der Waals surface area contributed by atoms with Gasteiger partial charge < -0.3 is 9.64 Å². The summed E-state index contributed by atoms with van der Waals surface area (Å²) in [7, 11) is 1.95. The van der Waals surface area contributed by atoms with E-state index in [0.717, 1.165) is 36.0 Å². The third kappa shape index (κ3) is 4.03. The molecule has 6 nitrogen and oxygen atoms in total. The molecule has 30 heavy (non-hydrogen) atoms. The van der Waals surface area contributed by atoms with Crippen molar-refractivity contribution in [3.05, 3.63) is 36.4 Å². The molecule has 0 N–H and O–H groups in total. The highest BCUT2D eigenvalue weighted by atomic mass is 32.1. The summed E-state index contributed by atoms with van der Waals surface area (Å²) in [6.07, 6.45) is 15.5. The zero-order valence-corrected chi connectivity index (χ0v) is 18.6. The topological polar surface area (TPSA) is 48.1 Å². The first-order valence-electron chi connectivity index (χ1n) is 11.2. The molecule has 5 rings (SSSR count). The molecule has 2 aliphatic rings. The Labute approximate surface area is 183 Å². The minimum absolute atomic E-state index is 0.598. The molecular formula is C23H31N5OS. The third-order valence-electron chi connectivity index (χ3n) is 6.81. The molecule has 7 heteroatoms. The normalized spacial score (nSPS) is 24.1. The fraction of sp³-hybridized carbons (Fsp3) is 0.565. The second-order valence-electron chi connectivity index (χ2n) is 8.79. The van der Waals surface area contributed by atoms with Crippen molar-refractivity contribution in [3.8, 4) is 11.1 Å². The molecule has 0 spiro atoms. The van der Waals surface area contributed by atoms with Crippen molar-refractivity contribution >= 4 is 23.8 Å². The van der Waals surface area contributed by atoms with E-state index in [1.165, 1.54) is 62.6 Å². The molecule has 3 aromatic rings. The SMILES string of the molecule is Cn1cc(-c2cn(S)c3ncc(C4CCC(N5CCCOCCC5)CC4)cc23)cn1. The van der Waals surface area contributed by atoms with Crippen LogP contribution in [0.3, 0.4) is 0 Å². The van der Waals surface area contributed by atoms with Crippen LogP contribution in [0.15, 0.2) is 30.9 Å². The first-order valence-corrected chi connectivity index (χ1v) is 11.6. The molecule has 0 atom stereocenters. The van der Waals surface area contributed by atoms with Crippen LogP contribution in [0.5, 0.6) is 0 Å². The fourth-order valence-corrected chi connectivity index (χ4v) is 5.49. The van der Waals surface area contributed by atoms with E-state index >= 15 is 0 Å². The Morgan fingerprint density at radius 1 is 1.03 bits per heavy atom. The zero-order valence-electron chi connectivity index (χ0n) is 17.7. The van der Waals surface area contributed by atoms with Gasteiger partial charge in [0.25, 0.3) is 0 Å². The predicted octanol–water partition coefficient (Wildman–Crippen LogP) is 4.27. The molecule has 1 aliphatic carbocycles. The Balaban J connectivity index is 1.33. The van der Waals surface area contributed by atoms with Gasteiger partial charge in [-0.1, -0.05) is 12.8 Å². The summed E-state index contributed by atoms with van der Waals surface area (Å²) in [5.41, 5.74) is 4.54. The predicted molar refractivity (Wildman–Crippen MR) is 123 cm³/mol. The van der Waals surface area contributed by atoms with Crippen LogP contribution in [0.4, 0.5) is 0 Å². The molecule has 0 radical (unpaired) electrons. The van der Waals surface area contributed by atoms with Crippen LogP contribution >= 0.6 is 12.8 Å². The number of rotatable bonds is 3. The molecule has 0 bridgehead atoms. The number of pyridine rings is 1. The van der Waals surface area contributed by atoms with Crippen molar-refractivity contribution in [2.24, 2.45) is 7.05 Å². The number of hydrogen-bond donors (Lipinski definition) is 1. The van der Waals surface area contributed by atoms with Gasteiger partial charge >= 0.3 is 0 Å². The van der Waals surface area contributed by atoms with Crippen LogP contribution in [-0.4, -0.2) is 56.0 Å². The highest BCUT2D eigenvalue weighted by Crippen LogP contribution is 2.38. The van der Waals surface area contributed by atoms with Gasteiger partial charge in [-0.05, 0) is 56.1 Å². The lowest BCUT2D eigenvalue weighted by molar-refractivity contribution is 0.0630. The van der Waals surface area contributed by atoms with Gasteiger partial charge in [-0.3, -0.25) is 8.65 Å². The lowest BCUT2D eigenvalue weighted by Gasteiger charge is -2.38. The van der Waals surface area contributed by atoms with Gasteiger partial charge in [0.1, 0.15) is 5.65 Å². The summed E-state index contributed by atoms with van der Waals surface area (Å²) in [5, 5.41) is 5.50. The van der Waals surface area contributed by atoms with Crippen LogP contribution in [0.1, 0.15) is 50.0 Å². The van der Waals surface area contributed by atoms with Crippen LogP contribution < -0.4 is 0 Å². The zero-order chi connectivity index (χ0) is 20.5. The van der Waals surface area contributed by atoms with E-state index < -0.39 is 0 Å². The largest absolute Gasteiger partial charge is 0.381 e. The lowest BCUT2D eigenvalue weighted by atomic mass is 9.81. The van der Waals surface area contributed by atoms with E-state index in [0.29, 0.717) is 5.92 Å². The number of hydrogen-bond acceptors (Lipinski definition) is 5. The Morgan fingerprint density at radius 3 is 2.50 bits per heavy atom. The minimum Gasteiger partial charge on any atom is -0.381 e. The number of ether oxygens (including phenoxy) is 1. The molecule has 4 heterocycles. The average molecular weight is 426 g/mol. The van der Waals surface area contributed by atoms with Gasteiger partial charge in [0.05, 0.1) is 6.20 Å². The number of fused-ring (bicyclic) bond motifs is 1. The van der Waals surface area contributed by atoms with Gasteiger partial charge in [0, 0.05) is 74.5 Å². The lowest BCUT2D eigenvalue weighted by Crippen LogP contribution is -2.40. The Hall–Kier alpha value is -1.83. The number of nitrogens with zero attached hydrogens (tertiary/aromatic N) is 5. The van der Waals surface area contributed by atoms with E-state index in [1.807, 2.05) is 28.1 Å². The number of thiol groups is 1. The maximum atomic E-state index is 5.62. The molecule has 3 aromatic heterocycles. The molecule has 2 fully saturated rings. The van der Waals surface area contributed by atoms with Crippen LogP contribution in [0.25, 0.3) is 22.2 Å². The first-order chi connectivity index (χ1) is 14.7.